The Hall–Kier alpha value is -0.750. The summed E-state index contributed by atoms with van der Waals surface area (Å²) in [4.78, 5) is 19.4. The molecule has 1 atom stereocenters. The van der Waals surface area contributed by atoms with Gasteiger partial charge in [0.1, 0.15) is 5.60 Å². The molecule has 0 spiro atoms. The van der Waals surface area contributed by atoms with Gasteiger partial charge in [0, 0.05) is 29.9 Å². The highest BCUT2D eigenvalue weighted by atomic mass is 32.2. The molecule has 2 heterocycles. The molecular formula is C15H24N2O2S2. The van der Waals surface area contributed by atoms with Crippen molar-refractivity contribution in [2.75, 3.05) is 18.8 Å². The van der Waals surface area contributed by atoms with Gasteiger partial charge in [-0.3, -0.25) is 4.98 Å². The molecule has 2 rings (SSSR count). The molecule has 0 bridgehead atoms. The molecule has 6 heteroatoms. The molecule has 21 heavy (non-hydrogen) atoms. The molecule has 4 nitrogen and oxygen atoms in total. The van der Waals surface area contributed by atoms with Crippen LogP contribution < -0.4 is 0 Å². The van der Waals surface area contributed by atoms with Crippen LogP contribution in [0.5, 0.6) is 0 Å². The molecule has 1 amide bonds. The van der Waals surface area contributed by atoms with Crippen LogP contribution in [0.3, 0.4) is 0 Å². The van der Waals surface area contributed by atoms with Gasteiger partial charge in [-0.1, -0.05) is 0 Å². The number of piperidine rings is 1. The van der Waals surface area contributed by atoms with E-state index in [9.17, 15) is 4.79 Å². The van der Waals surface area contributed by atoms with Gasteiger partial charge in [-0.2, -0.15) is 11.8 Å². The van der Waals surface area contributed by atoms with E-state index in [1.54, 1.807) is 11.3 Å². The van der Waals surface area contributed by atoms with Gasteiger partial charge in [-0.25, -0.2) is 4.79 Å². The maximum Gasteiger partial charge on any atom is 0.410 e. The van der Waals surface area contributed by atoms with Crippen LogP contribution in [0.25, 0.3) is 0 Å². The fourth-order valence-electron chi connectivity index (χ4n) is 2.33. The van der Waals surface area contributed by atoms with Crippen LogP contribution in [-0.2, 0) is 10.5 Å². The molecular weight excluding hydrogens is 304 g/mol. The Bertz CT molecular complexity index is 443. The highest BCUT2D eigenvalue weighted by Gasteiger charge is 2.27. The van der Waals surface area contributed by atoms with Crippen LogP contribution in [0.4, 0.5) is 4.79 Å². The Labute approximate surface area is 135 Å². The van der Waals surface area contributed by atoms with E-state index < -0.39 is 5.60 Å². The summed E-state index contributed by atoms with van der Waals surface area (Å²) in [6, 6.07) is 0. The van der Waals surface area contributed by atoms with Crippen molar-refractivity contribution in [3.8, 4) is 0 Å². The summed E-state index contributed by atoms with van der Waals surface area (Å²) in [5.41, 5.74) is 1.46. The number of hydrogen-bond donors (Lipinski definition) is 0. The van der Waals surface area contributed by atoms with Crippen molar-refractivity contribution in [2.45, 2.75) is 45.0 Å². The van der Waals surface area contributed by atoms with Crippen molar-refractivity contribution < 1.29 is 9.53 Å². The third-order valence-electron chi connectivity index (χ3n) is 3.25. The maximum absolute atomic E-state index is 12.1. The van der Waals surface area contributed by atoms with Crippen LogP contribution in [0.15, 0.2) is 11.7 Å². The lowest BCUT2D eigenvalue weighted by Gasteiger charge is -2.34. The number of thioether (sulfide) groups is 1. The minimum absolute atomic E-state index is 0.167. The molecule has 0 radical (unpaired) electrons. The first-order valence-corrected chi connectivity index (χ1v) is 9.40. The van der Waals surface area contributed by atoms with Crippen molar-refractivity contribution in [2.24, 2.45) is 5.92 Å². The average molecular weight is 329 g/mol. The van der Waals surface area contributed by atoms with Crippen molar-refractivity contribution in [1.29, 1.82) is 0 Å². The second-order valence-corrected chi connectivity index (χ2v) is 8.42. The topological polar surface area (TPSA) is 42.4 Å². The van der Waals surface area contributed by atoms with E-state index in [0.29, 0.717) is 5.92 Å². The van der Waals surface area contributed by atoms with Crippen molar-refractivity contribution in [3.05, 3.63) is 16.6 Å². The highest BCUT2D eigenvalue weighted by molar-refractivity contribution is 7.98. The fraction of sp³-hybridized carbons (Fsp3) is 0.733. The van der Waals surface area contributed by atoms with E-state index in [2.05, 4.69) is 4.98 Å². The third-order valence-corrected chi connectivity index (χ3v) is 5.44. The van der Waals surface area contributed by atoms with Crippen LogP contribution in [0.1, 0.15) is 38.5 Å². The van der Waals surface area contributed by atoms with Gasteiger partial charge in [-0.15, -0.1) is 11.3 Å². The van der Waals surface area contributed by atoms with Gasteiger partial charge in [0.15, 0.2) is 0 Å². The number of hydrogen-bond acceptors (Lipinski definition) is 5. The molecule has 1 saturated heterocycles. The SMILES string of the molecule is CC(C)(C)OC(=O)N1CCC[C@@H](CSCc2cncs2)C1. The second-order valence-electron chi connectivity index (χ2n) is 6.42. The Morgan fingerprint density at radius 1 is 1.57 bits per heavy atom. The van der Waals surface area contributed by atoms with E-state index in [1.165, 1.54) is 11.3 Å². The second kappa shape index (κ2) is 7.49. The van der Waals surface area contributed by atoms with Gasteiger partial charge in [0.2, 0.25) is 0 Å². The Morgan fingerprint density at radius 2 is 2.38 bits per heavy atom. The summed E-state index contributed by atoms with van der Waals surface area (Å²) in [5, 5.41) is 0. The number of ether oxygens (including phenoxy) is 1. The lowest BCUT2D eigenvalue weighted by molar-refractivity contribution is 0.0177. The molecule has 0 N–H and O–H groups in total. The monoisotopic (exact) mass is 328 g/mol. The fourth-order valence-corrected chi connectivity index (χ4v) is 4.23. The molecule has 1 aromatic heterocycles. The third kappa shape index (κ3) is 5.87. The zero-order valence-corrected chi connectivity index (χ0v) is 14.6. The number of likely N-dealkylation sites (tertiary alicyclic amines) is 1. The summed E-state index contributed by atoms with van der Waals surface area (Å²) in [5.74, 6) is 2.69. The largest absolute Gasteiger partial charge is 0.444 e. The zero-order valence-electron chi connectivity index (χ0n) is 13.0. The normalized spacial score (nSPS) is 19.6. The van der Waals surface area contributed by atoms with E-state index in [4.69, 9.17) is 4.74 Å². The minimum atomic E-state index is -0.412. The number of thiazole rings is 1. The Kier molecular flexibility index (Phi) is 5.93. The summed E-state index contributed by atoms with van der Waals surface area (Å²) in [7, 11) is 0. The number of nitrogens with zero attached hydrogens (tertiary/aromatic N) is 2. The highest BCUT2D eigenvalue weighted by Crippen LogP contribution is 2.25. The predicted molar refractivity (Wildman–Crippen MR) is 88.8 cm³/mol. The number of carbonyl (C=O) groups excluding carboxylic acids is 1. The van der Waals surface area contributed by atoms with Gasteiger partial charge in [-0.05, 0) is 45.3 Å². The van der Waals surface area contributed by atoms with Gasteiger partial charge in [0.25, 0.3) is 0 Å². The molecule has 0 saturated carbocycles. The van der Waals surface area contributed by atoms with Gasteiger partial charge >= 0.3 is 6.09 Å². The van der Waals surface area contributed by atoms with Crippen molar-refractivity contribution in [1.82, 2.24) is 9.88 Å². The van der Waals surface area contributed by atoms with E-state index in [-0.39, 0.29) is 6.09 Å². The predicted octanol–water partition coefficient (Wildman–Crippen LogP) is 4.02. The molecule has 1 aromatic rings. The first kappa shape index (κ1) is 16.6. The molecule has 1 aliphatic heterocycles. The van der Waals surface area contributed by atoms with E-state index in [1.807, 2.05) is 49.1 Å². The van der Waals surface area contributed by atoms with Crippen LogP contribution in [0, 0.1) is 5.92 Å². The van der Waals surface area contributed by atoms with Crippen LogP contribution in [0.2, 0.25) is 0 Å². The maximum atomic E-state index is 12.1. The quantitative estimate of drug-likeness (QED) is 0.837. The molecule has 0 unspecified atom stereocenters. The van der Waals surface area contributed by atoms with Gasteiger partial charge < -0.3 is 9.64 Å². The first-order valence-electron chi connectivity index (χ1n) is 7.37. The Morgan fingerprint density at radius 3 is 3.05 bits per heavy atom. The molecule has 0 aromatic carbocycles. The lowest BCUT2D eigenvalue weighted by Crippen LogP contribution is -2.43. The van der Waals surface area contributed by atoms with Crippen molar-refractivity contribution >= 4 is 29.2 Å². The minimum Gasteiger partial charge on any atom is -0.444 e. The van der Waals surface area contributed by atoms with E-state index in [0.717, 1.165) is 31.0 Å². The first-order chi connectivity index (χ1) is 9.94. The Balaban J connectivity index is 1.74. The van der Waals surface area contributed by atoms with Crippen molar-refractivity contribution in [3.63, 3.8) is 0 Å². The van der Waals surface area contributed by atoms with Gasteiger partial charge in [0.05, 0.1) is 5.51 Å². The molecule has 118 valence electrons. The number of aromatic nitrogens is 1. The lowest BCUT2D eigenvalue weighted by atomic mass is 10.0. The summed E-state index contributed by atoms with van der Waals surface area (Å²) >= 11 is 3.64. The van der Waals surface area contributed by atoms with Crippen LogP contribution >= 0.6 is 23.1 Å². The van der Waals surface area contributed by atoms with Crippen LogP contribution in [-0.4, -0.2) is 40.4 Å². The average Bonchev–Trinajstić information content (AvgIpc) is 2.90. The standard InChI is InChI=1S/C15H24N2O2S2/c1-15(2,3)19-14(18)17-6-4-5-12(8-17)9-20-10-13-7-16-11-21-13/h7,11-12H,4-6,8-10H2,1-3H3/t12-/m1/s1. The zero-order chi connectivity index (χ0) is 15.3. The summed E-state index contributed by atoms with van der Waals surface area (Å²) < 4.78 is 5.46. The number of amides is 1. The number of carbonyl (C=O) groups is 1. The smallest absolute Gasteiger partial charge is 0.410 e. The number of rotatable bonds is 4. The summed E-state index contributed by atoms with van der Waals surface area (Å²) in [6.07, 6.45) is 4.05. The van der Waals surface area contributed by atoms with E-state index >= 15 is 0 Å². The molecule has 1 fully saturated rings. The summed E-state index contributed by atoms with van der Waals surface area (Å²) in [6.45, 7) is 7.39. The molecule has 0 aliphatic carbocycles. The molecule has 1 aliphatic rings.